The number of aromatic amines is 1. The largest absolute Gasteiger partial charge is 0.390 e. The van der Waals surface area contributed by atoms with Gasteiger partial charge in [0.15, 0.2) is 0 Å². The number of aliphatic hydroxyl groups excluding tert-OH is 1. The summed E-state index contributed by atoms with van der Waals surface area (Å²) in [6, 6.07) is 8.57. The number of aliphatic hydroxyl groups is 1. The molecule has 0 saturated carbocycles. The molecular weight excluding hydrogens is 376 g/mol. The lowest BCUT2D eigenvalue weighted by molar-refractivity contribution is -0.0400. The number of H-pyrrole nitrogens is 1. The molecule has 10 heteroatoms. The molecule has 1 fully saturated rings. The monoisotopic (exact) mass is 396 g/mol. The Morgan fingerprint density at radius 2 is 2.00 bits per heavy atom. The normalized spacial score (nSPS) is 22.8. The van der Waals surface area contributed by atoms with Gasteiger partial charge in [0, 0.05) is 18.2 Å². The van der Waals surface area contributed by atoms with Gasteiger partial charge in [-0.15, -0.1) is 0 Å². The Kier molecular flexibility index (Phi) is 5.61. The van der Waals surface area contributed by atoms with Gasteiger partial charge in [0.25, 0.3) is 15.7 Å². The predicted molar refractivity (Wildman–Crippen MR) is 95.6 cm³/mol. The zero-order chi connectivity index (χ0) is 19.6. The number of hydrogen-bond donors (Lipinski definition) is 2. The first-order valence-electron chi connectivity index (χ1n) is 8.32. The Hall–Kier alpha value is -2.27. The molecule has 2 heterocycles. The number of aryl methyl sites for hydroxylation is 1. The molecule has 1 saturated heterocycles. The van der Waals surface area contributed by atoms with Crippen molar-refractivity contribution in [3.63, 3.8) is 0 Å². The first-order valence-corrected chi connectivity index (χ1v) is 9.89. The van der Waals surface area contributed by atoms with E-state index in [-0.39, 0.29) is 18.8 Å². The van der Waals surface area contributed by atoms with Crippen LogP contribution >= 0.6 is 0 Å². The molecule has 1 aliphatic heterocycles. The highest BCUT2D eigenvalue weighted by Gasteiger charge is 2.36. The highest BCUT2D eigenvalue weighted by molar-refractivity contribution is 7.85. The molecule has 2 N–H and O–H groups in total. The summed E-state index contributed by atoms with van der Waals surface area (Å²) >= 11 is 0. The van der Waals surface area contributed by atoms with E-state index in [0.29, 0.717) is 11.1 Å². The molecule has 0 spiro atoms. The van der Waals surface area contributed by atoms with Gasteiger partial charge in [-0.05, 0) is 12.5 Å². The quantitative estimate of drug-likeness (QED) is 0.660. The number of rotatable bonds is 6. The summed E-state index contributed by atoms with van der Waals surface area (Å²) < 4.78 is 35.9. The minimum absolute atomic E-state index is 0.0676. The van der Waals surface area contributed by atoms with Gasteiger partial charge in [0.2, 0.25) is 0 Å². The van der Waals surface area contributed by atoms with E-state index in [2.05, 4.69) is 4.98 Å². The Morgan fingerprint density at radius 3 is 2.70 bits per heavy atom. The zero-order valence-electron chi connectivity index (χ0n) is 14.6. The minimum Gasteiger partial charge on any atom is -0.390 e. The Balaban J connectivity index is 1.65. The van der Waals surface area contributed by atoms with Crippen LogP contribution in [0.25, 0.3) is 0 Å². The summed E-state index contributed by atoms with van der Waals surface area (Å²) in [4.78, 5) is 25.5. The summed E-state index contributed by atoms with van der Waals surface area (Å²) in [7, 11) is -3.86. The van der Waals surface area contributed by atoms with Crippen molar-refractivity contribution in [1.82, 2.24) is 9.55 Å². The summed E-state index contributed by atoms with van der Waals surface area (Å²) in [6.45, 7) is 1.17. The van der Waals surface area contributed by atoms with Gasteiger partial charge in [-0.25, -0.2) is 4.79 Å². The maximum absolute atomic E-state index is 12.1. The van der Waals surface area contributed by atoms with Gasteiger partial charge >= 0.3 is 5.69 Å². The average Bonchev–Trinajstić information content (AvgIpc) is 2.97. The van der Waals surface area contributed by atoms with Gasteiger partial charge in [-0.3, -0.25) is 18.5 Å². The molecule has 3 rings (SSSR count). The maximum atomic E-state index is 12.1. The van der Waals surface area contributed by atoms with E-state index in [4.69, 9.17) is 8.92 Å². The van der Waals surface area contributed by atoms with Crippen molar-refractivity contribution < 1.29 is 22.4 Å². The van der Waals surface area contributed by atoms with Crippen LogP contribution in [-0.2, 0) is 24.8 Å². The van der Waals surface area contributed by atoms with Gasteiger partial charge < -0.3 is 9.84 Å². The van der Waals surface area contributed by atoms with E-state index in [1.54, 1.807) is 30.3 Å². The number of ether oxygens (including phenoxy) is 1. The third-order valence-electron chi connectivity index (χ3n) is 4.26. The van der Waals surface area contributed by atoms with Crippen LogP contribution in [0.15, 0.2) is 46.1 Å². The lowest BCUT2D eigenvalue weighted by atomic mass is 10.2. The van der Waals surface area contributed by atoms with Crippen LogP contribution in [0.5, 0.6) is 0 Å². The topological polar surface area (TPSA) is 128 Å². The third kappa shape index (κ3) is 4.72. The van der Waals surface area contributed by atoms with Crippen LogP contribution in [0.3, 0.4) is 0 Å². The SMILES string of the molecule is Cc1cn([C@H]2C[C@H](O)[C@@H](COS(=O)(=O)Cc3ccccc3)O2)c(=O)[nH]c1=O. The number of hydrogen-bond acceptors (Lipinski definition) is 7. The van der Waals surface area contributed by atoms with E-state index < -0.39 is 39.8 Å². The molecule has 1 aromatic heterocycles. The molecule has 1 aromatic carbocycles. The summed E-state index contributed by atoms with van der Waals surface area (Å²) in [5.41, 5.74) is -0.265. The van der Waals surface area contributed by atoms with Gasteiger partial charge in [-0.1, -0.05) is 30.3 Å². The molecular formula is C17H20N2O7S. The molecule has 0 amide bonds. The Labute approximate surface area is 155 Å². The van der Waals surface area contributed by atoms with Crippen LogP contribution < -0.4 is 11.2 Å². The van der Waals surface area contributed by atoms with Crippen molar-refractivity contribution in [2.24, 2.45) is 0 Å². The summed E-state index contributed by atoms with van der Waals surface area (Å²) in [5.74, 6) is -0.293. The first kappa shape index (κ1) is 19.5. The van der Waals surface area contributed by atoms with E-state index in [9.17, 15) is 23.1 Å². The van der Waals surface area contributed by atoms with E-state index in [1.165, 1.54) is 17.7 Å². The summed E-state index contributed by atoms with van der Waals surface area (Å²) in [6.07, 6.45) is -1.35. The lowest BCUT2D eigenvalue weighted by Gasteiger charge is -2.16. The van der Waals surface area contributed by atoms with Crippen LogP contribution in [0.4, 0.5) is 0 Å². The van der Waals surface area contributed by atoms with Crippen molar-refractivity contribution in [2.45, 2.75) is 37.5 Å². The van der Waals surface area contributed by atoms with Crippen LogP contribution in [0.2, 0.25) is 0 Å². The van der Waals surface area contributed by atoms with Crippen molar-refractivity contribution in [1.29, 1.82) is 0 Å². The molecule has 3 atom stereocenters. The van der Waals surface area contributed by atoms with Crippen molar-refractivity contribution in [3.05, 3.63) is 68.5 Å². The van der Waals surface area contributed by atoms with Crippen molar-refractivity contribution in [2.75, 3.05) is 6.61 Å². The predicted octanol–water partition coefficient (Wildman–Crippen LogP) is 0.0400. The number of aromatic nitrogens is 2. The van der Waals surface area contributed by atoms with Gasteiger partial charge in [0.1, 0.15) is 18.1 Å². The molecule has 1 aliphatic rings. The molecule has 0 radical (unpaired) electrons. The highest BCUT2D eigenvalue weighted by atomic mass is 32.2. The smallest absolute Gasteiger partial charge is 0.330 e. The molecule has 9 nitrogen and oxygen atoms in total. The van der Waals surface area contributed by atoms with E-state index >= 15 is 0 Å². The number of benzene rings is 1. The van der Waals surface area contributed by atoms with Crippen LogP contribution in [0.1, 0.15) is 23.8 Å². The summed E-state index contributed by atoms with van der Waals surface area (Å²) in [5, 5.41) is 10.1. The second-order valence-electron chi connectivity index (χ2n) is 6.38. The Bertz CT molecular complexity index is 1010. The molecule has 2 aromatic rings. The second kappa shape index (κ2) is 7.77. The fraction of sp³-hybridized carbons (Fsp3) is 0.412. The third-order valence-corrected chi connectivity index (χ3v) is 5.44. The fourth-order valence-electron chi connectivity index (χ4n) is 2.83. The number of nitrogens with zero attached hydrogens (tertiary/aromatic N) is 1. The average molecular weight is 396 g/mol. The molecule has 27 heavy (non-hydrogen) atoms. The molecule has 0 aliphatic carbocycles. The van der Waals surface area contributed by atoms with Crippen LogP contribution in [-0.4, -0.2) is 41.9 Å². The van der Waals surface area contributed by atoms with Crippen LogP contribution in [0, 0.1) is 6.92 Å². The highest BCUT2D eigenvalue weighted by Crippen LogP contribution is 2.28. The van der Waals surface area contributed by atoms with Crippen molar-refractivity contribution in [3.8, 4) is 0 Å². The second-order valence-corrected chi connectivity index (χ2v) is 8.02. The maximum Gasteiger partial charge on any atom is 0.330 e. The van der Waals surface area contributed by atoms with Crippen molar-refractivity contribution >= 4 is 10.1 Å². The molecule has 146 valence electrons. The van der Waals surface area contributed by atoms with Gasteiger partial charge in [0.05, 0.1) is 12.7 Å². The van der Waals surface area contributed by atoms with E-state index in [1.807, 2.05) is 0 Å². The molecule has 0 unspecified atom stereocenters. The Morgan fingerprint density at radius 1 is 1.30 bits per heavy atom. The fourth-order valence-corrected chi connectivity index (χ4v) is 3.85. The first-order chi connectivity index (χ1) is 12.7. The molecule has 0 bridgehead atoms. The van der Waals surface area contributed by atoms with Gasteiger partial charge in [-0.2, -0.15) is 8.42 Å². The number of nitrogens with one attached hydrogen (secondary N) is 1. The van der Waals surface area contributed by atoms with E-state index in [0.717, 1.165) is 0 Å². The zero-order valence-corrected chi connectivity index (χ0v) is 15.4. The standard InChI is InChI=1S/C17H20N2O7S/c1-11-8-19(17(22)18-16(11)21)15-7-13(20)14(26-15)9-25-27(23,24)10-12-5-3-2-4-6-12/h2-6,8,13-15,20H,7,9-10H2,1H3,(H,18,21,22)/t13-,14+,15+/m0/s1. The lowest BCUT2D eigenvalue weighted by Crippen LogP contribution is -2.33. The minimum atomic E-state index is -3.86.